The molecule has 1 unspecified atom stereocenters. The van der Waals surface area contributed by atoms with Gasteiger partial charge in [-0.3, -0.25) is 14.4 Å². The van der Waals surface area contributed by atoms with Crippen LogP contribution in [0.15, 0.2) is 30.5 Å². The molecule has 0 radical (unpaired) electrons. The number of nitrogens with one attached hydrogen (secondary N) is 1. The Hall–Kier alpha value is -2.94. The second kappa shape index (κ2) is 8.83. The molecule has 5 rings (SSSR count). The van der Waals surface area contributed by atoms with E-state index in [2.05, 4.69) is 25.3 Å². The summed E-state index contributed by atoms with van der Waals surface area (Å²) in [6.45, 7) is 2.83. The van der Waals surface area contributed by atoms with Crippen LogP contribution in [0.3, 0.4) is 0 Å². The summed E-state index contributed by atoms with van der Waals surface area (Å²) in [6.07, 6.45) is 3.57. The highest BCUT2D eigenvalue weighted by molar-refractivity contribution is 5.86. The Bertz CT molecular complexity index is 914. The summed E-state index contributed by atoms with van der Waals surface area (Å²) in [7, 11) is 2.96. The lowest BCUT2D eigenvalue weighted by Crippen LogP contribution is -2.58. The van der Waals surface area contributed by atoms with E-state index in [9.17, 15) is 9.59 Å². The molecule has 3 aliphatic rings. The summed E-state index contributed by atoms with van der Waals surface area (Å²) >= 11 is 0. The second-order valence-electron chi connectivity index (χ2n) is 7.89. The molecule has 160 valence electrons. The first-order valence-corrected chi connectivity index (χ1v) is 10.2. The molecule has 1 amide bonds. The Labute approximate surface area is 175 Å². The number of esters is 1. The number of carbonyl (C=O) groups is 2. The number of methoxy groups -OCH3 is 2. The zero-order chi connectivity index (χ0) is 21.1. The number of amides is 1. The van der Waals surface area contributed by atoms with Crippen LogP contribution in [-0.4, -0.2) is 65.1 Å². The summed E-state index contributed by atoms with van der Waals surface area (Å²) in [5.41, 5.74) is 1.18. The molecule has 0 saturated carbocycles. The van der Waals surface area contributed by atoms with E-state index in [1.807, 2.05) is 24.3 Å². The first kappa shape index (κ1) is 20.3. The third-order valence-electron chi connectivity index (χ3n) is 6.19. The Morgan fingerprint density at radius 1 is 1.27 bits per heavy atom. The molecule has 2 bridgehead atoms. The molecule has 0 spiro atoms. The summed E-state index contributed by atoms with van der Waals surface area (Å²) in [4.78, 5) is 26.8. The molecule has 0 aliphatic carbocycles. The van der Waals surface area contributed by atoms with Gasteiger partial charge in [0.15, 0.2) is 5.69 Å². The topological polar surface area (TPSA) is 98.6 Å². The Kier molecular flexibility index (Phi) is 5.98. The summed E-state index contributed by atoms with van der Waals surface area (Å²) in [6, 6.07) is 8.01. The first-order valence-electron chi connectivity index (χ1n) is 10.2. The number of carbonyl (C=O) groups excluding carboxylic acids is 2. The molecule has 2 aromatic rings. The second-order valence-corrected chi connectivity index (χ2v) is 7.89. The number of hydrogen-bond donors (Lipinski definition) is 1. The molecular formula is C21H27N5O4. The van der Waals surface area contributed by atoms with Crippen molar-refractivity contribution in [3.8, 4) is 5.75 Å². The summed E-state index contributed by atoms with van der Waals surface area (Å²) in [5, 5.41) is 11.0. The van der Waals surface area contributed by atoms with E-state index in [1.54, 1.807) is 18.0 Å². The molecule has 30 heavy (non-hydrogen) atoms. The molecule has 1 aromatic carbocycles. The number of benzene rings is 1. The van der Waals surface area contributed by atoms with Crippen molar-refractivity contribution in [2.45, 2.75) is 32.0 Å². The van der Waals surface area contributed by atoms with Gasteiger partial charge in [0, 0.05) is 24.7 Å². The Morgan fingerprint density at radius 3 is 2.83 bits per heavy atom. The van der Waals surface area contributed by atoms with Crippen LogP contribution >= 0.6 is 0 Å². The zero-order valence-corrected chi connectivity index (χ0v) is 17.3. The molecule has 3 fully saturated rings. The number of fused-ring (bicyclic) bond motifs is 3. The largest absolute Gasteiger partial charge is 0.496 e. The van der Waals surface area contributed by atoms with Gasteiger partial charge in [0.25, 0.3) is 0 Å². The average molecular weight is 413 g/mol. The highest BCUT2D eigenvalue weighted by atomic mass is 16.5. The third-order valence-corrected chi connectivity index (χ3v) is 6.19. The van der Waals surface area contributed by atoms with Crippen LogP contribution in [0.2, 0.25) is 0 Å². The lowest BCUT2D eigenvalue weighted by atomic mass is 9.75. The van der Waals surface area contributed by atoms with Crippen LogP contribution in [0.25, 0.3) is 0 Å². The van der Waals surface area contributed by atoms with Crippen molar-refractivity contribution in [1.82, 2.24) is 25.2 Å². The number of aromatic nitrogens is 3. The minimum absolute atomic E-state index is 0.00826. The number of rotatable bonds is 7. The lowest BCUT2D eigenvalue weighted by Gasteiger charge is -2.49. The fraction of sp³-hybridized carbons (Fsp3) is 0.524. The van der Waals surface area contributed by atoms with Crippen molar-refractivity contribution in [2.24, 2.45) is 11.8 Å². The molecule has 9 nitrogen and oxygen atoms in total. The molecular weight excluding hydrogens is 386 g/mol. The van der Waals surface area contributed by atoms with Gasteiger partial charge in [-0.05, 0) is 31.4 Å². The molecule has 1 N–H and O–H groups in total. The fourth-order valence-corrected chi connectivity index (χ4v) is 4.59. The molecule has 4 atom stereocenters. The summed E-state index contributed by atoms with van der Waals surface area (Å²) in [5.74, 6) is 0.736. The van der Waals surface area contributed by atoms with Crippen LogP contribution in [0.1, 0.15) is 28.9 Å². The van der Waals surface area contributed by atoms with Crippen LogP contribution in [-0.2, 0) is 22.6 Å². The fourth-order valence-electron chi connectivity index (χ4n) is 4.59. The highest BCUT2D eigenvalue weighted by Gasteiger charge is 2.43. The quantitative estimate of drug-likeness (QED) is 0.679. The van der Waals surface area contributed by atoms with Gasteiger partial charge in [-0.15, -0.1) is 5.10 Å². The van der Waals surface area contributed by atoms with Gasteiger partial charge in [-0.2, -0.15) is 0 Å². The smallest absolute Gasteiger partial charge is 0.360 e. The van der Waals surface area contributed by atoms with E-state index in [0.29, 0.717) is 19.0 Å². The average Bonchev–Trinajstić information content (AvgIpc) is 3.26. The molecule has 3 aliphatic heterocycles. The number of ether oxygens (including phenoxy) is 2. The van der Waals surface area contributed by atoms with Crippen LogP contribution in [0.4, 0.5) is 0 Å². The van der Waals surface area contributed by atoms with Gasteiger partial charge in [0.1, 0.15) is 5.75 Å². The number of nitrogens with zero attached hydrogens (tertiary/aromatic N) is 4. The number of para-hydroxylation sites is 1. The van der Waals surface area contributed by atoms with Crippen molar-refractivity contribution < 1.29 is 19.1 Å². The zero-order valence-electron chi connectivity index (χ0n) is 17.3. The maximum Gasteiger partial charge on any atom is 0.360 e. The monoisotopic (exact) mass is 413 g/mol. The minimum Gasteiger partial charge on any atom is -0.496 e. The lowest BCUT2D eigenvalue weighted by molar-refractivity contribution is -0.133. The Morgan fingerprint density at radius 2 is 2.10 bits per heavy atom. The first-order chi connectivity index (χ1) is 14.6. The molecule has 3 saturated heterocycles. The van der Waals surface area contributed by atoms with Crippen molar-refractivity contribution in [2.75, 3.05) is 27.3 Å². The van der Waals surface area contributed by atoms with Crippen molar-refractivity contribution in [1.29, 1.82) is 0 Å². The predicted octanol–water partition coefficient (Wildman–Crippen LogP) is 1.10. The van der Waals surface area contributed by atoms with Gasteiger partial charge < -0.3 is 14.8 Å². The van der Waals surface area contributed by atoms with Crippen LogP contribution in [0.5, 0.6) is 5.75 Å². The van der Waals surface area contributed by atoms with Crippen molar-refractivity contribution in [3.05, 3.63) is 41.7 Å². The van der Waals surface area contributed by atoms with Crippen LogP contribution < -0.4 is 10.1 Å². The SMILES string of the molecule is COC(=O)c1cn(C[C@H]2C[C@H]3CCN2C[C@@H]3C(=O)NCc2ccccc2OC)nn1. The van der Waals surface area contributed by atoms with E-state index >= 15 is 0 Å². The maximum atomic E-state index is 12.9. The standard InChI is InChI=1S/C21H27N5O4/c1-29-19-6-4-3-5-15(19)10-22-20(27)17-12-25-8-7-14(17)9-16(25)11-26-13-18(23-24-26)21(28)30-2/h3-6,13-14,16-17H,7-12H2,1-2H3,(H,22,27)/t14-,16-,17+/m1/s1. The maximum absolute atomic E-state index is 12.9. The third kappa shape index (κ3) is 4.16. The van der Waals surface area contributed by atoms with Gasteiger partial charge in [-0.1, -0.05) is 23.4 Å². The van der Waals surface area contributed by atoms with E-state index in [-0.39, 0.29) is 23.6 Å². The van der Waals surface area contributed by atoms with E-state index in [4.69, 9.17) is 4.74 Å². The normalized spacial score (nSPS) is 25.0. The predicted molar refractivity (Wildman–Crippen MR) is 108 cm³/mol. The Balaban J connectivity index is 1.34. The van der Waals surface area contributed by atoms with Crippen molar-refractivity contribution in [3.63, 3.8) is 0 Å². The van der Waals surface area contributed by atoms with E-state index in [1.165, 1.54) is 7.11 Å². The van der Waals surface area contributed by atoms with Gasteiger partial charge in [0.2, 0.25) is 5.91 Å². The van der Waals surface area contributed by atoms with Crippen LogP contribution in [0, 0.1) is 11.8 Å². The van der Waals surface area contributed by atoms with E-state index < -0.39 is 5.97 Å². The summed E-state index contributed by atoms with van der Waals surface area (Å²) < 4.78 is 11.7. The van der Waals surface area contributed by atoms with Crippen molar-refractivity contribution >= 4 is 11.9 Å². The minimum atomic E-state index is -0.487. The molecule has 1 aromatic heterocycles. The molecule has 4 heterocycles. The van der Waals surface area contributed by atoms with E-state index in [0.717, 1.165) is 37.2 Å². The van der Waals surface area contributed by atoms with Gasteiger partial charge >= 0.3 is 5.97 Å². The van der Waals surface area contributed by atoms with Gasteiger partial charge in [-0.25, -0.2) is 4.79 Å². The molecule has 9 heteroatoms. The highest BCUT2D eigenvalue weighted by Crippen LogP contribution is 2.37. The number of piperidine rings is 3. The van der Waals surface area contributed by atoms with Gasteiger partial charge in [0.05, 0.1) is 32.9 Å². The number of hydrogen-bond acceptors (Lipinski definition) is 7.